The van der Waals surface area contributed by atoms with E-state index in [0.717, 1.165) is 34.5 Å². The van der Waals surface area contributed by atoms with Gasteiger partial charge < -0.3 is 9.84 Å². The van der Waals surface area contributed by atoms with Gasteiger partial charge in [-0.2, -0.15) is 0 Å². The van der Waals surface area contributed by atoms with E-state index in [2.05, 4.69) is 11.9 Å². The van der Waals surface area contributed by atoms with Crippen LogP contribution in [0.5, 0.6) is 0 Å². The second-order valence-corrected chi connectivity index (χ2v) is 8.84. The van der Waals surface area contributed by atoms with Gasteiger partial charge in [-0.15, -0.1) is 11.3 Å². The molecule has 27 heavy (non-hydrogen) atoms. The van der Waals surface area contributed by atoms with Crippen LogP contribution in [0.2, 0.25) is 0 Å². The van der Waals surface area contributed by atoms with E-state index >= 15 is 0 Å². The Kier molecular flexibility index (Phi) is 5.60. The van der Waals surface area contributed by atoms with Crippen molar-refractivity contribution < 1.29 is 14.6 Å². The van der Waals surface area contributed by atoms with E-state index in [9.17, 15) is 9.90 Å². The number of rotatable bonds is 6. The summed E-state index contributed by atoms with van der Waals surface area (Å²) < 4.78 is 6.98. The van der Waals surface area contributed by atoms with Gasteiger partial charge >= 0.3 is 0 Å². The van der Waals surface area contributed by atoms with Gasteiger partial charge in [0.15, 0.2) is 5.78 Å². The average molecular weight is 386 g/mol. The number of aromatic nitrogens is 1. The van der Waals surface area contributed by atoms with Gasteiger partial charge in [0.05, 0.1) is 34.1 Å². The first-order chi connectivity index (χ1) is 13.2. The van der Waals surface area contributed by atoms with Crippen molar-refractivity contribution in [2.45, 2.75) is 64.1 Å². The monoisotopic (exact) mass is 385 g/mol. The number of hydrogen-bond donors (Lipinski definition) is 1. The first-order valence-corrected chi connectivity index (χ1v) is 10.9. The zero-order valence-corrected chi connectivity index (χ0v) is 16.6. The summed E-state index contributed by atoms with van der Waals surface area (Å²) in [5.41, 5.74) is 1.51. The van der Waals surface area contributed by atoms with E-state index in [-0.39, 0.29) is 29.8 Å². The molecule has 4 nitrogen and oxygen atoms in total. The van der Waals surface area contributed by atoms with Crippen LogP contribution < -0.4 is 0 Å². The lowest BCUT2D eigenvalue weighted by Gasteiger charge is -2.40. The fraction of sp³-hybridized carbons (Fsp3) is 0.545. The van der Waals surface area contributed by atoms with Crippen molar-refractivity contribution >= 4 is 32.9 Å². The van der Waals surface area contributed by atoms with Gasteiger partial charge in [-0.25, -0.2) is 4.98 Å². The Morgan fingerprint density at radius 1 is 1.22 bits per heavy atom. The molecule has 0 saturated heterocycles. The number of unbranched alkanes of at least 4 members (excludes halogenated alkanes) is 3. The molecule has 1 fully saturated rings. The second-order valence-electron chi connectivity index (χ2n) is 7.81. The van der Waals surface area contributed by atoms with Crippen LogP contribution in [0.1, 0.15) is 56.9 Å². The topological polar surface area (TPSA) is 59.4 Å². The molecule has 4 rings (SSSR count). The zero-order chi connectivity index (χ0) is 18.8. The maximum atomic E-state index is 13.2. The summed E-state index contributed by atoms with van der Waals surface area (Å²) in [6.45, 7) is 2.20. The highest BCUT2D eigenvalue weighted by molar-refractivity contribution is 7.19. The van der Waals surface area contributed by atoms with E-state index < -0.39 is 0 Å². The summed E-state index contributed by atoms with van der Waals surface area (Å²) in [5.74, 6) is 0.178. The number of allylic oxidation sites excluding steroid dienone is 1. The highest BCUT2D eigenvalue weighted by atomic mass is 32.1. The summed E-state index contributed by atoms with van der Waals surface area (Å²) in [7, 11) is 0. The molecule has 1 N–H and O–H groups in total. The minimum atomic E-state index is -0.363. The molecule has 1 aliphatic carbocycles. The van der Waals surface area contributed by atoms with Crippen LogP contribution in [0, 0.1) is 11.8 Å². The minimum Gasteiger partial charge on any atom is -0.496 e. The third kappa shape index (κ3) is 3.81. The van der Waals surface area contributed by atoms with Crippen LogP contribution in [0.3, 0.4) is 0 Å². The van der Waals surface area contributed by atoms with Gasteiger partial charge in [0.1, 0.15) is 11.1 Å². The number of carbonyl (C=O) groups is 1. The summed E-state index contributed by atoms with van der Waals surface area (Å²) in [6, 6.07) is 7.94. The van der Waals surface area contributed by atoms with Crippen molar-refractivity contribution in [3.05, 3.63) is 35.5 Å². The number of thiazole rings is 1. The van der Waals surface area contributed by atoms with E-state index in [1.165, 1.54) is 30.6 Å². The number of carbonyl (C=O) groups excluding carboxylic acids is 1. The average Bonchev–Trinajstić information content (AvgIpc) is 3.10. The van der Waals surface area contributed by atoms with E-state index in [4.69, 9.17) is 4.74 Å². The molecule has 1 saturated carbocycles. The van der Waals surface area contributed by atoms with Crippen LogP contribution >= 0.6 is 11.3 Å². The number of ether oxygens (including phenoxy) is 1. The predicted octanol–water partition coefficient (Wildman–Crippen LogP) is 4.96. The molecule has 2 heterocycles. The first kappa shape index (κ1) is 18.6. The Balaban J connectivity index is 1.49. The number of aliphatic hydroxyl groups excluding tert-OH is 1. The Labute approximate surface area is 164 Å². The van der Waals surface area contributed by atoms with Crippen molar-refractivity contribution in [1.82, 2.24) is 4.98 Å². The van der Waals surface area contributed by atoms with E-state index in [1.54, 1.807) is 6.26 Å². The Morgan fingerprint density at radius 2 is 2.07 bits per heavy atom. The zero-order valence-electron chi connectivity index (χ0n) is 15.8. The van der Waals surface area contributed by atoms with Crippen molar-refractivity contribution in [2.24, 2.45) is 11.8 Å². The standard InChI is InChI=1S/C22H27NO3S/c1-2-3-4-5-8-14-11-15-19(12-18(14)24)26-13-16(21(15)25)22-23-17-9-6-7-10-20(17)27-22/h6-7,9-10,13-15,18-19,24H,2-5,8,11-12H2,1H3. The maximum Gasteiger partial charge on any atom is 0.175 e. The molecule has 4 atom stereocenters. The third-order valence-electron chi connectivity index (χ3n) is 5.94. The lowest BCUT2D eigenvalue weighted by Crippen LogP contribution is -2.44. The van der Waals surface area contributed by atoms with Crippen LogP contribution in [0.25, 0.3) is 15.8 Å². The van der Waals surface area contributed by atoms with Gasteiger partial charge in [0, 0.05) is 6.42 Å². The molecule has 0 amide bonds. The molecule has 0 radical (unpaired) electrons. The van der Waals surface area contributed by atoms with E-state index in [1.807, 2.05) is 24.3 Å². The summed E-state index contributed by atoms with van der Waals surface area (Å²) in [4.78, 5) is 17.8. The molecule has 144 valence electrons. The van der Waals surface area contributed by atoms with Gasteiger partial charge in [-0.3, -0.25) is 4.79 Å². The highest BCUT2D eigenvalue weighted by Gasteiger charge is 2.44. The first-order valence-electron chi connectivity index (χ1n) is 10.1. The Bertz CT molecular complexity index is 810. The SMILES string of the molecule is CCCCCCC1CC2C(=O)C(c3nc4ccccc4s3)=COC2CC1O. The molecule has 5 heteroatoms. The van der Waals surface area contributed by atoms with E-state index in [0.29, 0.717) is 12.0 Å². The number of ketones is 1. The van der Waals surface area contributed by atoms with Crippen molar-refractivity contribution in [1.29, 1.82) is 0 Å². The van der Waals surface area contributed by atoms with Gasteiger partial charge in [0.2, 0.25) is 0 Å². The fourth-order valence-electron chi connectivity index (χ4n) is 4.36. The molecule has 0 bridgehead atoms. The van der Waals surface area contributed by atoms with Crippen LogP contribution in [0.15, 0.2) is 30.5 Å². The molecular weight excluding hydrogens is 358 g/mol. The molecular formula is C22H27NO3S. The largest absolute Gasteiger partial charge is 0.496 e. The normalized spacial score (nSPS) is 27.9. The second kappa shape index (κ2) is 8.11. The molecule has 1 aromatic carbocycles. The predicted molar refractivity (Wildman–Crippen MR) is 108 cm³/mol. The van der Waals surface area contributed by atoms with Crippen molar-refractivity contribution in [3.63, 3.8) is 0 Å². The number of para-hydroxylation sites is 1. The van der Waals surface area contributed by atoms with Gasteiger partial charge in [-0.05, 0) is 30.9 Å². The maximum absolute atomic E-state index is 13.2. The number of Topliss-reactive ketones (excluding diaryl/α,β-unsaturated/α-hetero) is 1. The van der Waals surface area contributed by atoms with Gasteiger partial charge in [0.25, 0.3) is 0 Å². The Morgan fingerprint density at radius 3 is 2.89 bits per heavy atom. The van der Waals surface area contributed by atoms with Crippen molar-refractivity contribution in [3.8, 4) is 0 Å². The molecule has 1 aromatic heterocycles. The van der Waals surface area contributed by atoms with Crippen LogP contribution in [0.4, 0.5) is 0 Å². The smallest absolute Gasteiger partial charge is 0.175 e. The highest BCUT2D eigenvalue weighted by Crippen LogP contribution is 2.41. The molecule has 2 aromatic rings. The summed E-state index contributed by atoms with van der Waals surface area (Å²) in [5, 5.41) is 11.2. The quantitative estimate of drug-likeness (QED) is 0.714. The van der Waals surface area contributed by atoms with Crippen LogP contribution in [-0.4, -0.2) is 28.1 Å². The molecule has 2 aliphatic rings. The number of aliphatic hydroxyl groups is 1. The Hall–Kier alpha value is -1.72. The molecule has 4 unspecified atom stereocenters. The lowest BCUT2D eigenvalue weighted by atomic mass is 9.72. The lowest BCUT2D eigenvalue weighted by molar-refractivity contribution is -0.129. The fourth-order valence-corrected chi connectivity index (χ4v) is 5.33. The summed E-state index contributed by atoms with van der Waals surface area (Å²) >= 11 is 1.54. The molecule has 0 spiro atoms. The number of nitrogens with zero attached hydrogens (tertiary/aromatic N) is 1. The number of hydrogen-bond acceptors (Lipinski definition) is 5. The number of fused-ring (bicyclic) bond motifs is 2. The van der Waals surface area contributed by atoms with Crippen LogP contribution in [-0.2, 0) is 9.53 Å². The van der Waals surface area contributed by atoms with Gasteiger partial charge in [-0.1, -0.05) is 44.7 Å². The van der Waals surface area contributed by atoms with Crippen molar-refractivity contribution in [2.75, 3.05) is 0 Å². The number of benzene rings is 1. The minimum absolute atomic E-state index is 0.135. The summed E-state index contributed by atoms with van der Waals surface area (Å²) in [6.07, 6.45) is 8.07. The third-order valence-corrected chi connectivity index (χ3v) is 7.01. The molecule has 1 aliphatic heterocycles.